The van der Waals surface area contributed by atoms with Crippen LogP contribution in [-0.2, 0) is 4.74 Å². The summed E-state index contributed by atoms with van der Waals surface area (Å²) in [6.45, 7) is 1.24. The van der Waals surface area contributed by atoms with Crippen molar-refractivity contribution in [2.45, 2.75) is 18.9 Å². The van der Waals surface area contributed by atoms with Gasteiger partial charge in [-0.2, -0.15) is 5.26 Å². The minimum Gasteiger partial charge on any atom is -0.380 e. The van der Waals surface area contributed by atoms with Crippen molar-refractivity contribution in [2.75, 3.05) is 20.2 Å². The summed E-state index contributed by atoms with van der Waals surface area (Å²) in [6, 6.07) is 2.04. The van der Waals surface area contributed by atoms with Crippen molar-refractivity contribution in [3.8, 4) is 6.07 Å². The Kier molecular flexibility index (Phi) is 3.34. The molecule has 0 aliphatic heterocycles. The number of rotatable bonds is 5. The van der Waals surface area contributed by atoms with Gasteiger partial charge in [0.15, 0.2) is 0 Å². The average molecular weight is 154 g/mol. The molecule has 0 spiro atoms. The van der Waals surface area contributed by atoms with Crippen LogP contribution in [0.15, 0.2) is 0 Å². The quantitative estimate of drug-likeness (QED) is 0.464. The summed E-state index contributed by atoms with van der Waals surface area (Å²) in [4.78, 5) is 0. The van der Waals surface area contributed by atoms with E-state index in [2.05, 4.69) is 5.32 Å². The SMILES string of the molecule is COC(CNCC#N)C1CC1. The summed E-state index contributed by atoms with van der Waals surface area (Å²) in [7, 11) is 1.73. The number of methoxy groups -OCH3 is 1. The Balaban J connectivity index is 2.06. The maximum Gasteiger partial charge on any atom is 0.0841 e. The first-order chi connectivity index (χ1) is 5.38. The van der Waals surface area contributed by atoms with Gasteiger partial charge in [-0.05, 0) is 18.8 Å². The average Bonchev–Trinajstić information content (AvgIpc) is 2.81. The lowest BCUT2D eigenvalue weighted by molar-refractivity contribution is 0.0849. The molecule has 0 aromatic rings. The monoisotopic (exact) mass is 154 g/mol. The fourth-order valence-electron chi connectivity index (χ4n) is 1.18. The Labute approximate surface area is 67.3 Å². The van der Waals surface area contributed by atoms with Crippen LogP contribution >= 0.6 is 0 Å². The molecule has 0 aromatic heterocycles. The zero-order valence-corrected chi connectivity index (χ0v) is 6.84. The van der Waals surface area contributed by atoms with Crippen LogP contribution in [0.2, 0.25) is 0 Å². The highest BCUT2D eigenvalue weighted by molar-refractivity contribution is 4.84. The Morgan fingerprint density at radius 3 is 2.91 bits per heavy atom. The van der Waals surface area contributed by atoms with Gasteiger partial charge in [-0.25, -0.2) is 0 Å². The molecule has 0 bridgehead atoms. The first-order valence-corrected chi connectivity index (χ1v) is 3.99. The summed E-state index contributed by atoms with van der Waals surface area (Å²) in [5.74, 6) is 0.742. The van der Waals surface area contributed by atoms with E-state index in [-0.39, 0.29) is 0 Å². The molecule has 3 nitrogen and oxygen atoms in total. The molecule has 1 saturated carbocycles. The van der Waals surface area contributed by atoms with E-state index in [1.54, 1.807) is 7.11 Å². The Hall–Kier alpha value is -0.590. The largest absolute Gasteiger partial charge is 0.380 e. The van der Waals surface area contributed by atoms with Gasteiger partial charge in [0.2, 0.25) is 0 Å². The normalized spacial score (nSPS) is 19.3. The summed E-state index contributed by atoms with van der Waals surface area (Å²) >= 11 is 0. The van der Waals surface area contributed by atoms with Crippen LogP contribution in [0.1, 0.15) is 12.8 Å². The van der Waals surface area contributed by atoms with Crippen molar-refractivity contribution in [2.24, 2.45) is 5.92 Å². The molecule has 1 aliphatic rings. The summed E-state index contributed by atoms with van der Waals surface area (Å²) in [6.07, 6.45) is 2.89. The second kappa shape index (κ2) is 4.32. The lowest BCUT2D eigenvalue weighted by Crippen LogP contribution is -2.30. The highest BCUT2D eigenvalue weighted by Crippen LogP contribution is 2.33. The van der Waals surface area contributed by atoms with Crippen molar-refractivity contribution in [3.05, 3.63) is 0 Å². The second-order valence-electron chi connectivity index (χ2n) is 2.90. The van der Waals surface area contributed by atoms with Crippen molar-refractivity contribution in [1.82, 2.24) is 5.32 Å². The first kappa shape index (κ1) is 8.51. The number of ether oxygens (including phenoxy) is 1. The lowest BCUT2D eigenvalue weighted by atomic mass is 10.2. The van der Waals surface area contributed by atoms with Gasteiger partial charge >= 0.3 is 0 Å². The zero-order valence-electron chi connectivity index (χ0n) is 6.84. The predicted molar refractivity (Wildman–Crippen MR) is 42.0 cm³/mol. The Morgan fingerprint density at radius 2 is 2.45 bits per heavy atom. The fourth-order valence-corrected chi connectivity index (χ4v) is 1.18. The van der Waals surface area contributed by atoms with Gasteiger partial charge in [0.1, 0.15) is 0 Å². The molecule has 1 unspecified atom stereocenters. The summed E-state index contributed by atoms with van der Waals surface area (Å²) < 4.78 is 5.25. The van der Waals surface area contributed by atoms with Crippen LogP contribution in [0.3, 0.4) is 0 Å². The van der Waals surface area contributed by atoms with Crippen LogP contribution in [0, 0.1) is 17.2 Å². The second-order valence-corrected chi connectivity index (χ2v) is 2.90. The van der Waals surface area contributed by atoms with Gasteiger partial charge in [-0.3, -0.25) is 0 Å². The van der Waals surface area contributed by atoms with E-state index in [1.807, 2.05) is 6.07 Å². The number of nitrogens with one attached hydrogen (secondary N) is 1. The molecule has 0 aromatic carbocycles. The van der Waals surface area contributed by atoms with E-state index < -0.39 is 0 Å². The number of hydrogen-bond acceptors (Lipinski definition) is 3. The molecule has 1 atom stereocenters. The summed E-state index contributed by atoms with van der Waals surface area (Å²) in [5, 5.41) is 11.3. The highest BCUT2D eigenvalue weighted by atomic mass is 16.5. The van der Waals surface area contributed by atoms with Gasteiger partial charge in [-0.15, -0.1) is 0 Å². The predicted octanol–water partition coefficient (Wildman–Crippen LogP) is 0.525. The number of nitriles is 1. The highest BCUT2D eigenvalue weighted by Gasteiger charge is 2.30. The molecule has 1 aliphatic carbocycles. The van der Waals surface area contributed by atoms with E-state index in [1.165, 1.54) is 12.8 Å². The molecule has 11 heavy (non-hydrogen) atoms. The van der Waals surface area contributed by atoms with E-state index in [9.17, 15) is 0 Å². The van der Waals surface area contributed by atoms with Crippen molar-refractivity contribution in [3.63, 3.8) is 0 Å². The zero-order chi connectivity index (χ0) is 8.10. The molecule has 0 amide bonds. The van der Waals surface area contributed by atoms with Crippen molar-refractivity contribution >= 4 is 0 Å². The maximum atomic E-state index is 8.25. The molecule has 0 saturated heterocycles. The topological polar surface area (TPSA) is 45.0 Å². The van der Waals surface area contributed by atoms with Crippen LogP contribution in [0.4, 0.5) is 0 Å². The Bertz CT molecular complexity index is 149. The molecule has 1 N–H and O–H groups in total. The van der Waals surface area contributed by atoms with Crippen LogP contribution in [0.5, 0.6) is 0 Å². The third-order valence-corrected chi connectivity index (χ3v) is 2.00. The van der Waals surface area contributed by atoms with E-state index >= 15 is 0 Å². The molecule has 0 heterocycles. The molecule has 3 heteroatoms. The minimum absolute atomic E-state index is 0.323. The maximum absolute atomic E-state index is 8.25. The number of nitrogens with zero attached hydrogens (tertiary/aromatic N) is 1. The van der Waals surface area contributed by atoms with Gasteiger partial charge in [0, 0.05) is 13.7 Å². The molecular formula is C8H14N2O. The lowest BCUT2D eigenvalue weighted by Gasteiger charge is -2.13. The van der Waals surface area contributed by atoms with Crippen molar-refractivity contribution in [1.29, 1.82) is 5.26 Å². The molecule has 1 rings (SSSR count). The van der Waals surface area contributed by atoms with Gasteiger partial charge < -0.3 is 10.1 Å². The van der Waals surface area contributed by atoms with E-state index in [0.29, 0.717) is 12.6 Å². The Morgan fingerprint density at radius 1 is 1.73 bits per heavy atom. The van der Waals surface area contributed by atoms with Gasteiger partial charge in [0.05, 0.1) is 18.7 Å². The smallest absolute Gasteiger partial charge is 0.0841 e. The molecule has 62 valence electrons. The summed E-state index contributed by atoms with van der Waals surface area (Å²) in [5.41, 5.74) is 0. The standard InChI is InChI=1S/C8H14N2O/c1-11-8(7-2-3-7)6-10-5-4-9/h7-8,10H,2-3,5-6H2,1H3. The molecule has 0 radical (unpaired) electrons. The van der Waals surface area contributed by atoms with E-state index in [0.717, 1.165) is 12.5 Å². The number of hydrogen-bond donors (Lipinski definition) is 1. The van der Waals surface area contributed by atoms with Gasteiger partial charge in [0.25, 0.3) is 0 Å². The fraction of sp³-hybridized carbons (Fsp3) is 0.875. The van der Waals surface area contributed by atoms with Crippen LogP contribution < -0.4 is 5.32 Å². The third kappa shape index (κ3) is 2.87. The van der Waals surface area contributed by atoms with Crippen molar-refractivity contribution < 1.29 is 4.74 Å². The van der Waals surface area contributed by atoms with Gasteiger partial charge in [-0.1, -0.05) is 0 Å². The molecular weight excluding hydrogens is 140 g/mol. The van der Waals surface area contributed by atoms with Crippen LogP contribution in [-0.4, -0.2) is 26.3 Å². The minimum atomic E-state index is 0.323. The third-order valence-electron chi connectivity index (χ3n) is 2.00. The van der Waals surface area contributed by atoms with Crippen LogP contribution in [0.25, 0.3) is 0 Å². The first-order valence-electron chi connectivity index (χ1n) is 3.99. The van der Waals surface area contributed by atoms with E-state index in [4.69, 9.17) is 10.00 Å². The molecule has 1 fully saturated rings.